The molecule has 47 heavy (non-hydrogen) atoms. The Labute approximate surface area is 275 Å². The Morgan fingerprint density at radius 1 is 1.17 bits per heavy atom. The predicted molar refractivity (Wildman–Crippen MR) is 175 cm³/mol. The highest BCUT2D eigenvalue weighted by Gasteiger charge is 2.50. The summed E-state index contributed by atoms with van der Waals surface area (Å²) < 4.78 is 29.9. The standard InChI is InChI=1S/C35H45FN8O3/c1-22-8-10-35(28-14-24(37)6-7-26(22)28)17-30-27(20-47-35)31(39-33(38-30)46-21-34-9-4-12-43(34)18-23(36)16-34)42-11-5-13-44-25(19-42)15-29(40-44)32(45)41(2)3/h6-7,14-15,22-23H,4-5,8-13,16-21,37H2,1-3H3/t22-,23-,34+,35+/m1/s1. The smallest absolute Gasteiger partial charge is 0.318 e. The number of nitrogens with two attached hydrogens (primary N) is 1. The van der Waals surface area contributed by atoms with Crippen LogP contribution in [-0.4, -0.2) is 87.5 Å². The minimum absolute atomic E-state index is 0.114. The van der Waals surface area contributed by atoms with Crippen molar-refractivity contribution in [2.75, 3.05) is 51.0 Å². The van der Waals surface area contributed by atoms with Crippen LogP contribution in [-0.2, 0) is 36.5 Å². The Morgan fingerprint density at radius 2 is 2.04 bits per heavy atom. The summed E-state index contributed by atoms with van der Waals surface area (Å²) in [5.41, 5.74) is 12.0. The largest absolute Gasteiger partial charge is 0.461 e. The average Bonchev–Trinajstić information content (AvgIpc) is 3.68. The van der Waals surface area contributed by atoms with Crippen LogP contribution in [0.3, 0.4) is 0 Å². The van der Waals surface area contributed by atoms with Gasteiger partial charge in [0.1, 0.15) is 18.6 Å². The molecule has 2 N–H and O–H groups in total. The lowest BCUT2D eigenvalue weighted by Gasteiger charge is -2.44. The molecule has 3 aromatic rings. The summed E-state index contributed by atoms with van der Waals surface area (Å²) in [6.45, 7) is 6.39. The number of benzene rings is 1. The number of carbonyl (C=O) groups excluding carboxylic acids is 1. The number of anilines is 2. The summed E-state index contributed by atoms with van der Waals surface area (Å²) >= 11 is 0. The Bertz CT molecular complexity index is 1710. The molecule has 0 saturated carbocycles. The lowest BCUT2D eigenvalue weighted by molar-refractivity contribution is -0.0871. The van der Waals surface area contributed by atoms with Crippen LogP contribution in [0.1, 0.15) is 89.9 Å². The molecular formula is C35H45FN8O3. The summed E-state index contributed by atoms with van der Waals surface area (Å²) in [6.07, 6.45) is 4.95. The number of aryl methyl sites for hydroxylation is 1. The van der Waals surface area contributed by atoms with Crippen LogP contribution in [0.2, 0.25) is 0 Å². The molecule has 1 aromatic carbocycles. The van der Waals surface area contributed by atoms with Gasteiger partial charge in [-0.15, -0.1) is 0 Å². The van der Waals surface area contributed by atoms with E-state index in [-0.39, 0.29) is 11.4 Å². The molecule has 1 amide bonds. The number of alkyl halides is 1. The number of ether oxygens (including phenoxy) is 2. The summed E-state index contributed by atoms with van der Waals surface area (Å²) in [5.74, 6) is 1.10. The summed E-state index contributed by atoms with van der Waals surface area (Å²) in [4.78, 5) is 29.0. The van der Waals surface area contributed by atoms with E-state index in [1.807, 2.05) is 16.8 Å². The maximum atomic E-state index is 14.6. The molecular weight excluding hydrogens is 599 g/mol. The fraction of sp³-hybridized carbons (Fsp3) is 0.600. The molecule has 2 saturated heterocycles. The van der Waals surface area contributed by atoms with Gasteiger partial charge in [0.2, 0.25) is 0 Å². The number of carbonyl (C=O) groups is 1. The number of halogens is 1. The van der Waals surface area contributed by atoms with Gasteiger partial charge in [-0.05, 0) is 73.9 Å². The van der Waals surface area contributed by atoms with Gasteiger partial charge >= 0.3 is 6.01 Å². The average molecular weight is 645 g/mol. The normalized spacial score (nSPS) is 28.4. The predicted octanol–water partition coefficient (Wildman–Crippen LogP) is 4.19. The van der Waals surface area contributed by atoms with E-state index >= 15 is 0 Å². The monoisotopic (exact) mass is 644 g/mol. The number of aromatic nitrogens is 4. The Hall–Kier alpha value is -3.77. The summed E-state index contributed by atoms with van der Waals surface area (Å²) in [6, 6.07) is 8.44. The van der Waals surface area contributed by atoms with Crippen molar-refractivity contribution in [3.05, 3.63) is 58.0 Å². The van der Waals surface area contributed by atoms with Crippen LogP contribution in [0.25, 0.3) is 0 Å². The molecule has 250 valence electrons. The van der Waals surface area contributed by atoms with Gasteiger partial charge in [0.25, 0.3) is 5.91 Å². The van der Waals surface area contributed by atoms with Gasteiger partial charge in [-0.2, -0.15) is 15.1 Å². The molecule has 12 heteroatoms. The second kappa shape index (κ2) is 11.4. The highest BCUT2D eigenvalue weighted by atomic mass is 19.1. The van der Waals surface area contributed by atoms with E-state index in [4.69, 9.17) is 25.2 Å². The number of amides is 1. The summed E-state index contributed by atoms with van der Waals surface area (Å²) in [7, 11) is 3.48. The van der Waals surface area contributed by atoms with Crippen molar-refractivity contribution in [1.29, 1.82) is 0 Å². The van der Waals surface area contributed by atoms with Crippen LogP contribution in [0.4, 0.5) is 15.9 Å². The number of rotatable bonds is 5. The van der Waals surface area contributed by atoms with Gasteiger partial charge in [0.15, 0.2) is 5.69 Å². The molecule has 11 nitrogen and oxygen atoms in total. The Morgan fingerprint density at radius 3 is 2.89 bits per heavy atom. The van der Waals surface area contributed by atoms with Crippen molar-refractivity contribution in [2.45, 2.75) is 94.8 Å². The van der Waals surface area contributed by atoms with Crippen molar-refractivity contribution in [3.8, 4) is 6.01 Å². The molecule has 5 aliphatic rings. The zero-order chi connectivity index (χ0) is 32.5. The van der Waals surface area contributed by atoms with Crippen molar-refractivity contribution >= 4 is 17.4 Å². The molecule has 1 spiro atoms. The number of fused-ring (bicyclic) bond motifs is 5. The van der Waals surface area contributed by atoms with Crippen LogP contribution < -0.4 is 15.4 Å². The van der Waals surface area contributed by atoms with E-state index in [2.05, 4.69) is 34.0 Å². The fourth-order valence-corrected chi connectivity index (χ4v) is 8.74. The van der Waals surface area contributed by atoms with E-state index in [9.17, 15) is 9.18 Å². The third kappa shape index (κ3) is 5.24. The van der Waals surface area contributed by atoms with Crippen molar-refractivity contribution in [1.82, 2.24) is 29.5 Å². The molecule has 2 fully saturated rings. The first kappa shape index (κ1) is 30.6. The lowest BCUT2D eigenvalue weighted by Crippen LogP contribution is -2.44. The van der Waals surface area contributed by atoms with Crippen molar-refractivity contribution in [2.24, 2.45) is 0 Å². The number of nitrogen functional groups attached to an aromatic ring is 1. The molecule has 8 rings (SSSR count). The van der Waals surface area contributed by atoms with E-state index in [1.165, 1.54) is 5.56 Å². The molecule has 1 aliphatic carbocycles. The zero-order valence-corrected chi connectivity index (χ0v) is 27.7. The van der Waals surface area contributed by atoms with Gasteiger partial charge in [-0.3, -0.25) is 14.4 Å². The molecule has 2 aromatic heterocycles. The molecule has 0 unspecified atom stereocenters. The Kier molecular flexibility index (Phi) is 7.43. The SMILES string of the molecule is C[C@@H]1CC[C@]2(Cc3nc(OC[C@@]45CCCN4C[C@H](F)C5)nc(N4CCCn5nc(C(=O)N(C)C)cc5C4)c3CO2)c2cc(N)ccc21. The first-order valence-electron chi connectivity index (χ1n) is 17.1. The molecule has 6 heterocycles. The van der Waals surface area contributed by atoms with E-state index < -0.39 is 11.8 Å². The van der Waals surface area contributed by atoms with Gasteiger partial charge in [0, 0.05) is 57.8 Å². The Balaban J connectivity index is 1.17. The minimum atomic E-state index is -0.830. The van der Waals surface area contributed by atoms with Crippen LogP contribution in [0.5, 0.6) is 6.01 Å². The van der Waals surface area contributed by atoms with Crippen LogP contribution in [0.15, 0.2) is 24.3 Å². The number of hydrogen-bond donors (Lipinski definition) is 1. The van der Waals surface area contributed by atoms with Crippen LogP contribution in [0, 0.1) is 0 Å². The second-order valence-electron chi connectivity index (χ2n) is 14.6. The topological polar surface area (TPSA) is 115 Å². The maximum absolute atomic E-state index is 14.6. The zero-order valence-electron chi connectivity index (χ0n) is 27.7. The van der Waals surface area contributed by atoms with E-state index in [0.717, 1.165) is 79.2 Å². The third-order valence-electron chi connectivity index (χ3n) is 11.2. The molecule has 0 radical (unpaired) electrons. The van der Waals surface area contributed by atoms with Gasteiger partial charge in [0.05, 0.1) is 35.7 Å². The third-order valence-corrected chi connectivity index (χ3v) is 11.2. The lowest BCUT2D eigenvalue weighted by atomic mass is 9.71. The quantitative estimate of drug-likeness (QED) is 0.409. The fourth-order valence-electron chi connectivity index (χ4n) is 8.74. The van der Waals surface area contributed by atoms with Crippen LogP contribution >= 0.6 is 0 Å². The first-order valence-corrected chi connectivity index (χ1v) is 17.1. The highest BCUT2D eigenvalue weighted by molar-refractivity contribution is 5.92. The van der Waals surface area contributed by atoms with Gasteiger partial charge in [-0.1, -0.05) is 13.0 Å². The maximum Gasteiger partial charge on any atom is 0.318 e. The molecule has 0 bridgehead atoms. The molecule has 4 atom stereocenters. The van der Waals surface area contributed by atoms with Crippen molar-refractivity contribution in [3.63, 3.8) is 0 Å². The first-order chi connectivity index (χ1) is 22.6. The number of hydrogen-bond acceptors (Lipinski definition) is 9. The van der Waals surface area contributed by atoms with Gasteiger partial charge in [-0.25, -0.2) is 4.39 Å². The highest BCUT2D eigenvalue weighted by Crippen LogP contribution is 2.50. The number of nitrogens with zero attached hydrogens (tertiary/aromatic N) is 7. The van der Waals surface area contributed by atoms with Gasteiger partial charge < -0.3 is 25.0 Å². The van der Waals surface area contributed by atoms with E-state index in [1.54, 1.807) is 19.0 Å². The minimum Gasteiger partial charge on any atom is -0.461 e. The summed E-state index contributed by atoms with van der Waals surface area (Å²) in [5, 5.41) is 4.64. The second-order valence-corrected chi connectivity index (χ2v) is 14.6. The molecule has 4 aliphatic heterocycles. The van der Waals surface area contributed by atoms with E-state index in [0.29, 0.717) is 63.3 Å². The van der Waals surface area contributed by atoms with Crippen molar-refractivity contribution < 1.29 is 18.7 Å².